The molecule has 0 radical (unpaired) electrons. The molecule has 0 saturated heterocycles. The molecular weight excluding hydrogens is 296 g/mol. The van der Waals surface area contributed by atoms with Crippen LogP contribution in [0.3, 0.4) is 0 Å². The summed E-state index contributed by atoms with van der Waals surface area (Å²) in [7, 11) is -3.70. The Bertz CT molecular complexity index is 584. The average molecular weight is 315 g/mol. The zero-order chi connectivity index (χ0) is 14.4. The highest BCUT2D eigenvalue weighted by atomic mass is 35.5. The second-order valence-electron chi connectivity index (χ2n) is 5.89. The van der Waals surface area contributed by atoms with Crippen LogP contribution in [-0.4, -0.2) is 19.9 Å². The van der Waals surface area contributed by atoms with Crippen LogP contribution in [0.25, 0.3) is 0 Å². The largest absolute Gasteiger partial charge is 0.297 e. The molecule has 0 spiro atoms. The van der Waals surface area contributed by atoms with Crippen molar-refractivity contribution in [3.8, 4) is 0 Å². The van der Waals surface area contributed by atoms with Gasteiger partial charge in [0.1, 0.15) is 0 Å². The molecule has 2 aliphatic rings. The Morgan fingerprint density at radius 2 is 1.85 bits per heavy atom. The van der Waals surface area contributed by atoms with E-state index in [-0.39, 0.29) is 4.90 Å². The lowest BCUT2D eigenvalue weighted by Gasteiger charge is -2.20. The maximum atomic E-state index is 12.4. The van der Waals surface area contributed by atoms with E-state index in [1.54, 1.807) is 24.3 Å². The number of alkyl halides is 1. The quantitative estimate of drug-likeness (QED) is 0.617. The van der Waals surface area contributed by atoms with Crippen LogP contribution in [-0.2, 0) is 14.3 Å². The number of hydrogen-bond donors (Lipinski definition) is 0. The van der Waals surface area contributed by atoms with Gasteiger partial charge in [-0.2, -0.15) is 8.42 Å². The van der Waals surface area contributed by atoms with Crippen LogP contribution in [0.5, 0.6) is 0 Å². The van der Waals surface area contributed by atoms with Crippen molar-refractivity contribution >= 4 is 21.7 Å². The Balaban J connectivity index is 1.84. The molecule has 0 aromatic heterocycles. The molecule has 110 valence electrons. The molecular formula is C15H19ClO3S. The Morgan fingerprint density at radius 3 is 2.40 bits per heavy atom. The lowest BCUT2D eigenvalue weighted by molar-refractivity contribution is 0.139. The Morgan fingerprint density at radius 1 is 1.25 bits per heavy atom. The molecule has 2 saturated carbocycles. The first-order valence-corrected chi connectivity index (χ1v) is 9.02. The van der Waals surface area contributed by atoms with Crippen LogP contribution in [0.2, 0.25) is 0 Å². The Kier molecular flexibility index (Phi) is 3.59. The molecule has 3 rings (SSSR count). The van der Waals surface area contributed by atoms with Gasteiger partial charge < -0.3 is 0 Å². The highest BCUT2D eigenvalue weighted by Gasteiger charge is 2.68. The van der Waals surface area contributed by atoms with Crippen LogP contribution in [0, 0.1) is 18.8 Å². The minimum atomic E-state index is -3.70. The van der Waals surface area contributed by atoms with Gasteiger partial charge in [0.05, 0.1) is 10.5 Å². The number of halogens is 1. The summed E-state index contributed by atoms with van der Waals surface area (Å²) in [5, 5.41) is 0. The Labute approximate surface area is 125 Å². The number of hydrogen-bond acceptors (Lipinski definition) is 3. The second kappa shape index (κ2) is 5.00. The average Bonchev–Trinajstić information content (AvgIpc) is 2.78. The van der Waals surface area contributed by atoms with Crippen molar-refractivity contribution in [3.63, 3.8) is 0 Å². The number of benzene rings is 1. The van der Waals surface area contributed by atoms with Gasteiger partial charge in [0.25, 0.3) is 10.1 Å². The van der Waals surface area contributed by atoms with Crippen LogP contribution in [0.1, 0.15) is 31.2 Å². The molecule has 2 aliphatic carbocycles. The second-order valence-corrected chi connectivity index (χ2v) is 7.81. The number of rotatable bonds is 5. The number of fused-ring (bicyclic) bond motifs is 1. The standard InChI is InChI=1S/C15H19ClO3S/c1-11-5-7-12(8-6-11)20(17,18)19-15(9-10-16)13-3-2-4-14(13)15/h5-8,13-14H,2-4,9-10H2,1H3/t13-,14+,15?. The summed E-state index contributed by atoms with van der Waals surface area (Å²) in [4.78, 5) is 0.238. The van der Waals surface area contributed by atoms with Crippen LogP contribution < -0.4 is 0 Å². The topological polar surface area (TPSA) is 43.4 Å². The van der Waals surface area contributed by atoms with E-state index in [0.29, 0.717) is 24.1 Å². The van der Waals surface area contributed by atoms with Crippen molar-refractivity contribution in [2.45, 2.75) is 43.1 Å². The van der Waals surface area contributed by atoms with Gasteiger partial charge in [-0.15, -0.1) is 11.6 Å². The van der Waals surface area contributed by atoms with Crippen LogP contribution in [0.4, 0.5) is 0 Å². The van der Waals surface area contributed by atoms with Gasteiger partial charge in [-0.25, -0.2) is 0 Å². The molecule has 1 aromatic carbocycles. The van der Waals surface area contributed by atoms with Crippen molar-refractivity contribution in [2.24, 2.45) is 11.8 Å². The van der Waals surface area contributed by atoms with Gasteiger partial charge in [0, 0.05) is 5.88 Å². The molecule has 0 heterocycles. The third-order valence-corrected chi connectivity index (χ3v) is 6.29. The number of aryl methyl sites for hydroxylation is 1. The van der Waals surface area contributed by atoms with E-state index in [2.05, 4.69) is 0 Å². The fourth-order valence-electron chi connectivity index (χ4n) is 3.66. The fourth-order valence-corrected chi connectivity index (χ4v) is 5.27. The zero-order valence-corrected chi connectivity index (χ0v) is 13.1. The monoisotopic (exact) mass is 314 g/mol. The van der Waals surface area contributed by atoms with Crippen molar-refractivity contribution in [1.82, 2.24) is 0 Å². The molecule has 0 amide bonds. The predicted molar refractivity (Wildman–Crippen MR) is 78.3 cm³/mol. The van der Waals surface area contributed by atoms with E-state index >= 15 is 0 Å². The zero-order valence-electron chi connectivity index (χ0n) is 11.5. The van der Waals surface area contributed by atoms with Crippen LogP contribution >= 0.6 is 11.6 Å². The van der Waals surface area contributed by atoms with Crippen molar-refractivity contribution in [1.29, 1.82) is 0 Å². The van der Waals surface area contributed by atoms with Crippen molar-refractivity contribution in [3.05, 3.63) is 29.8 Å². The van der Waals surface area contributed by atoms with Crippen molar-refractivity contribution in [2.75, 3.05) is 5.88 Å². The molecule has 0 N–H and O–H groups in total. The van der Waals surface area contributed by atoms with Crippen molar-refractivity contribution < 1.29 is 12.6 Å². The van der Waals surface area contributed by atoms with Gasteiger partial charge in [-0.05, 0) is 50.2 Å². The first kappa shape index (κ1) is 14.4. The lowest BCUT2D eigenvalue weighted by Crippen LogP contribution is -2.26. The van der Waals surface area contributed by atoms with Crippen LogP contribution in [0.15, 0.2) is 29.2 Å². The van der Waals surface area contributed by atoms with E-state index < -0.39 is 15.7 Å². The predicted octanol–water partition coefficient (Wildman–Crippen LogP) is 3.50. The van der Waals surface area contributed by atoms with E-state index in [1.807, 2.05) is 6.92 Å². The minimum Gasteiger partial charge on any atom is -0.259 e. The summed E-state index contributed by atoms with van der Waals surface area (Å²) in [5.74, 6) is 1.19. The van der Waals surface area contributed by atoms with Gasteiger partial charge >= 0.3 is 0 Å². The first-order valence-electron chi connectivity index (χ1n) is 7.08. The summed E-state index contributed by atoms with van der Waals surface area (Å²) < 4.78 is 30.5. The maximum absolute atomic E-state index is 12.4. The Hall–Kier alpha value is -0.580. The molecule has 0 aliphatic heterocycles. The van der Waals surface area contributed by atoms with Gasteiger partial charge in [0.2, 0.25) is 0 Å². The summed E-state index contributed by atoms with van der Waals surface area (Å²) in [6, 6.07) is 6.80. The smallest absolute Gasteiger partial charge is 0.259 e. The molecule has 1 aromatic rings. The highest BCUT2D eigenvalue weighted by molar-refractivity contribution is 7.86. The molecule has 0 bridgehead atoms. The summed E-state index contributed by atoms with van der Waals surface area (Å²) in [6.45, 7) is 1.93. The van der Waals surface area contributed by atoms with Gasteiger partial charge in [-0.1, -0.05) is 24.1 Å². The summed E-state index contributed by atoms with van der Waals surface area (Å²) in [5.41, 5.74) is 0.506. The molecule has 20 heavy (non-hydrogen) atoms. The molecule has 2 fully saturated rings. The van der Waals surface area contributed by atoms with E-state index in [0.717, 1.165) is 18.4 Å². The third kappa shape index (κ3) is 2.28. The van der Waals surface area contributed by atoms with Gasteiger partial charge in [0.15, 0.2) is 0 Å². The maximum Gasteiger partial charge on any atom is 0.297 e. The fraction of sp³-hybridized carbons (Fsp3) is 0.600. The highest BCUT2D eigenvalue weighted by Crippen LogP contribution is 2.65. The van der Waals surface area contributed by atoms with E-state index in [1.165, 1.54) is 6.42 Å². The van der Waals surface area contributed by atoms with E-state index in [9.17, 15) is 8.42 Å². The first-order chi connectivity index (χ1) is 9.49. The summed E-state index contributed by atoms with van der Waals surface area (Å²) >= 11 is 5.86. The normalized spacial score (nSPS) is 32.1. The van der Waals surface area contributed by atoms with Gasteiger partial charge in [-0.3, -0.25) is 4.18 Å². The molecule has 3 atom stereocenters. The minimum absolute atomic E-state index is 0.238. The SMILES string of the molecule is Cc1ccc(S(=O)(=O)OC2(CCCl)[C@@H]3CCC[C@@H]32)cc1. The molecule has 1 unspecified atom stereocenters. The van der Waals surface area contributed by atoms with E-state index in [4.69, 9.17) is 15.8 Å². The lowest BCUT2D eigenvalue weighted by atomic mass is 10.1. The summed E-state index contributed by atoms with van der Waals surface area (Å²) in [6.07, 6.45) is 3.91. The molecule has 5 heteroatoms. The molecule has 3 nitrogen and oxygen atoms in total. The third-order valence-electron chi connectivity index (χ3n) is 4.72.